The van der Waals surface area contributed by atoms with Crippen LogP contribution in [0.3, 0.4) is 0 Å². The maximum Gasteiger partial charge on any atom is 0.244 e. The number of likely N-dealkylation sites (N-methyl/N-ethyl adjacent to an activating group) is 1. The zero-order chi connectivity index (χ0) is 18.6. The molecule has 2 rings (SSSR count). The van der Waals surface area contributed by atoms with Crippen LogP contribution in [-0.2, 0) is 9.59 Å². The van der Waals surface area contributed by atoms with Crippen LogP contribution in [0.15, 0.2) is 24.3 Å². The largest absolute Gasteiger partial charge is 0.339 e. The van der Waals surface area contributed by atoms with E-state index in [2.05, 4.69) is 19.9 Å². The Bertz CT molecular complexity index is 605. The molecule has 5 nitrogen and oxygen atoms in total. The molecule has 1 aromatic carbocycles. The van der Waals surface area contributed by atoms with E-state index in [1.54, 1.807) is 0 Å². The fourth-order valence-corrected chi connectivity index (χ4v) is 3.33. The van der Waals surface area contributed by atoms with Gasteiger partial charge in [-0.3, -0.25) is 14.5 Å². The number of amides is 2. The monoisotopic (exact) mass is 345 g/mol. The first-order chi connectivity index (χ1) is 11.8. The first kappa shape index (κ1) is 19.4. The second kappa shape index (κ2) is 8.48. The highest BCUT2D eigenvalue weighted by Gasteiger charge is 2.31. The van der Waals surface area contributed by atoms with Crippen LogP contribution in [0.4, 0.5) is 0 Å². The van der Waals surface area contributed by atoms with Gasteiger partial charge in [0.15, 0.2) is 0 Å². The fourth-order valence-electron chi connectivity index (χ4n) is 3.33. The van der Waals surface area contributed by atoms with Crippen molar-refractivity contribution in [1.29, 1.82) is 0 Å². The molecule has 25 heavy (non-hydrogen) atoms. The Labute approximate surface area is 151 Å². The van der Waals surface area contributed by atoms with E-state index in [1.165, 1.54) is 0 Å². The number of rotatable bonds is 5. The summed E-state index contributed by atoms with van der Waals surface area (Å²) in [7, 11) is 3.88. The Morgan fingerprint density at radius 3 is 2.20 bits per heavy atom. The summed E-state index contributed by atoms with van der Waals surface area (Å²) in [5.74, 6) is 0.683. The minimum Gasteiger partial charge on any atom is -0.339 e. The van der Waals surface area contributed by atoms with Crippen molar-refractivity contribution in [3.63, 3.8) is 0 Å². The molecule has 0 N–H and O–H groups in total. The molecule has 0 radical (unpaired) electrons. The molecule has 0 aromatic heterocycles. The molecule has 1 aromatic rings. The van der Waals surface area contributed by atoms with Gasteiger partial charge in [0, 0.05) is 32.6 Å². The summed E-state index contributed by atoms with van der Waals surface area (Å²) in [6, 6.07) is 7.84. The molecule has 2 amide bonds. The first-order valence-electron chi connectivity index (χ1n) is 9.09. The minimum absolute atomic E-state index is 0.117. The average molecular weight is 345 g/mol. The third-order valence-electron chi connectivity index (χ3n) is 4.64. The number of hydrogen-bond acceptors (Lipinski definition) is 3. The Morgan fingerprint density at radius 1 is 1.08 bits per heavy atom. The number of benzene rings is 1. The van der Waals surface area contributed by atoms with Crippen LogP contribution < -0.4 is 0 Å². The van der Waals surface area contributed by atoms with Crippen LogP contribution in [0.25, 0.3) is 0 Å². The van der Waals surface area contributed by atoms with Crippen molar-refractivity contribution in [2.45, 2.75) is 33.2 Å². The Balaban J connectivity index is 2.03. The summed E-state index contributed by atoms with van der Waals surface area (Å²) in [5, 5.41) is 0. The van der Waals surface area contributed by atoms with Gasteiger partial charge in [0.25, 0.3) is 0 Å². The third-order valence-corrected chi connectivity index (χ3v) is 4.64. The Morgan fingerprint density at radius 2 is 1.68 bits per heavy atom. The van der Waals surface area contributed by atoms with E-state index < -0.39 is 0 Å². The van der Waals surface area contributed by atoms with Gasteiger partial charge in [0.1, 0.15) is 6.04 Å². The van der Waals surface area contributed by atoms with Crippen molar-refractivity contribution < 1.29 is 9.59 Å². The van der Waals surface area contributed by atoms with Gasteiger partial charge in [-0.1, -0.05) is 43.7 Å². The van der Waals surface area contributed by atoms with Crippen molar-refractivity contribution >= 4 is 11.8 Å². The van der Waals surface area contributed by atoms with Crippen molar-refractivity contribution in [3.8, 4) is 0 Å². The van der Waals surface area contributed by atoms with Gasteiger partial charge in [0.05, 0.1) is 0 Å². The zero-order valence-corrected chi connectivity index (χ0v) is 16.2. The summed E-state index contributed by atoms with van der Waals surface area (Å²) in [4.78, 5) is 31.0. The van der Waals surface area contributed by atoms with Gasteiger partial charge in [-0.25, -0.2) is 0 Å². The molecule has 5 heteroatoms. The van der Waals surface area contributed by atoms with Crippen molar-refractivity contribution in [1.82, 2.24) is 14.7 Å². The van der Waals surface area contributed by atoms with E-state index in [9.17, 15) is 9.59 Å². The third kappa shape index (κ3) is 5.05. The fraction of sp³-hybridized carbons (Fsp3) is 0.600. The van der Waals surface area contributed by atoms with Crippen LogP contribution in [-0.4, -0.2) is 66.8 Å². The lowest BCUT2D eigenvalue weighted by Gasteiger charge is -2.38. The molecule has 0 saturated carbocycles. The molecule has 0 spiro atoms. The lowest BCUT2D eigenvalue weighted by molar-refractivity contribution is -0.143. The van der Waals surface area contributed by atoms with E-state index >= 15 is 0 Å². The predicted molar refractivity (Wildman–Crippen MR) is 100 cm³/mol. The number of piperazine rings is 1. The number of carbonyl (C=O) groups is 2. The standard InChI is InChI=1S/C20H31N3O2/c1-15(2)13-18(24)22-9-11-23(12-10-22)20(25)19(21(4)5)17-8-6-7-16(3)14-17/h6-8,14-15,19H,9-13H2,1-5H3/t19-/m0/s1. The van der Waals surface area contributed by atoms with Crippen molar-refractivity contribution in [2.75, 3.05) is 40.3 Å². The Kier molecular flexibility index (Phi) is 6.59. The van der Waals surface area contributed by atoms with Gasteiger partial charge in [-0.15, -0.1) is 0 Å². The number of aryl methyl sites for hydroxylation is 1. The lowest BCUT2D eigenvalue weighted by atomic mass is 10.0. The van der Waals surface area contributed by atoms with E-state index in [0.717, 1.165) is 11.1 Å². The highest BCUT2D eigenvalue weighted by Crippen LogP contribution is 2.23. The van der Waals surface area contributed by atoms with Crippen LogP contribution in [0.5, 0.6) is 0 Å². The van der Waals surface area contributed by atoms with Gasteiger partial charge in [0.2, 0.25) is 11.8 Å². The molecule has 0 aliphatic carbocycles. The SMILES string of the molecule is Cc1cccc([C@@H](C(=O)N2CCN(C(=O)CC(C)C)CC2)N(C)C)c1. The highest BCUT2D eigenvalue weighted by atomic mass is 16.2. The summed E-state index contributed by atoms with van der Waals surface area (Å²) in [6.45, 7) is 8.64. The smallest absolute Gasteiger partial charge is 0.244 e. The van der Waals surface area contributed by atoms with Gasteiger partial charge in [-0.05, 0) is 32.5 Å². The topological polar surface area (TPSA) is 43.9 Å². The molecule has 1 heterocycles. The molecule has 1 aliphatic rings. The summed E-state index contributed by atoms with van der Waals surface area (Å²) in [5.41, 5.74) is 2.18. The molecular weight excluding hydrogens is 314 g/mol. The van der Waals surface area contributed by atoms with Crippen LogP contribution in [0, 0.1) is 12.8 Å². The van der Waals surface area contributed by atoms with Crippen LogP contribution in [0.1, 0.15) is 37.4 Å². The molecule has 138 valence electrons. The maximum absolute atomic E-state index is 13.1. The molecule has 1 atom stereocenters. The molecular formula is C20H31N3O2. The maximum atomic E-state index is 13.1. The van der Waals surface area contributed by atoms with Crippen LogP contribution >= 0.6 is 0 Å². The molecule has 1 fully saturated rings. The number of nitrogens with zero attached hydrogens (tertiary/aromatic N) is 3. The predicted octanol–water partition coefficient (Wildman–Crippen LogP) is 2.31. The summed E-state index contributed by atoms with van der Waals surface area (Å²) in [6.07, 6.45) is 0.581. The molecule has 0 unspecified atom stereocenters. The van der Waals surface area contributed by atoms with Crippen molar-refractivity contribution in [3.05, 3.63) is 35.4 Å². The summed E-state index contributed by atoms with van der Waals surface area (Å²) >= 11 is 0. The van der Waals surface area contributed by atoms with Gasteiger partial charge in [-0.2, -0.15) is 0 Å². The average Bonchev–Trinajstić information content (AvgIpc) is 2.54. The first-order valence-corrected chi connectivity index (χ1v) is 9.09. The zero-order valence-electron chi connectivity index (χ0n) is 16.2. The molecule has 0 bridgehead atoms. The lowest BCUT2D eigenvalue weighted by Crippen LogP contribution is -2.53. The van der Waals surface area contributed by atoms with Crippen molar-refractivity contribution in [2.24, 2.45) is 5.92 Å². The van der Waals surface area contributed by atoms with Gasteiger partial charge < -0.3 is 9.80 Å². The quantitative estimate of drug-likeness (QED) is 0.823. The van der Waals surface area contributed by atoms with Crippen LogP contribution in [0.2, 0.25) is 0 Å². The highest BCUT2D eigenvalue weighted by molar-refractivity contribution is 5.84. The normalized spacial score (nSPS) is 16.4. The van der Waals surface area contributed by atoms with E-state index in [4.69, 9.17) is 0 Å². The van der Waals surface area contributed by atoms with E-state index in [1.807, 2.05) is 53.9 Å². The van der Waals surface area contributed by atoms with E-state index in [-0.39, 0.29) is 17.9 Å². The van der Waals surface area contributed by atoms with E-state index in [0.29, 0.717) is 38.5 Å². The number of hydrogen-bond donors (Lipinski definition) is 0. The second-order valence-electron chi connectivity index (χ2n) is 7.58. The second-order valence-corrected chi connectivity index (χ2v) is 7.58. The van der Waals surface area contributed by atoms with Gasteiger partial charge >= 0.3 is 0 Å². The molecule has 1 aliphatic heterocycles. The molecule has 1 saturated heterocycles. The summed E-state index contributed by atoms with van der Waals surface area (Å²) < 4.78 is 0. The Hall–Kier alpha value is -1.88. The number of carbonyl (C=O) groups excluding carboxylic acids is 2. The minimum atomic E-state index is -0.280.